The highest BCUT2D eigenvalue weighted by molar-refractivity contribution is 5.99. The third-order valence-electron chi connectivity index (χ3n) is 20.7. The number of nitrogens with zero attached hydrogens (tertiary/aromatic N) is 4. The molecule has 2 aromatic carbocycles. The van der Waals surface area contributed by atoms with Crippen molar-refractivity contribution in [2.45, 2.75) is 274 Å². The van der Waals surface area contributed by atoms with E-state index in [0.717, 1.165) is 25.7 Å². The molecule has 3 fully saturated rings. The van der Waals surface area contributed by atoms with Gasteiger partial charge in [0.2, 0.25) is 70.9 Å². The highest BCUT2D eigenvalue weighted by atomic mass is 16.3. The summed E-state index contributed by atoms with van der Waals surface area (Å²) in [7, 11) is 0. The lowest BCUT2D eigenvalue weighted by molar-refractivity contribution is -0.142. The van der Waals surface area contributed by atoms with Gasteiger partial charge in [-0.15, -0.1) is 0 Å². The molecule has 3 saturated heterocycles. The van der Waals surface area contributed by atoms with Gasteiger partial charge < -0.3 is 96.5 Å². The number of aliphatic hydroxyl groups excluding tert-OH is 1. The lowest BCUT2D eigenvalue weighted by atomic mass is 10.00. The van der Waals surface area contributed by atoms with Gasteiger partial charge in [-0.05, 0) is 152 Å². The van der Waals surface area contributed by atoms with Gasteiger partial charge in [0.15, 0.2) is 11.7 Å². The Hall–Kier alpha value is -9.34. The number of hydrogen-bond donors (Lipinski definition) is 16. The van der Waals surface area contributed by atoms with Gasteiger partial charge in [-0.3, -0.25) is 72.2 Å². The third kappa shape index (κ3) is 34.5. The Morgan fingerprint density at radius 2 is 0.956 bits per heavy atom. The molecule has 0 bridgehead atoms. The van der Waals surface area contributed by atoms with Crippen LogP contribution in [0.4, 0.5) is 0 Å². The van der Waals surface area contributed by atoms with Crippen molar-refractivity contribution in [3.05, 3.63) is 65.7 Å². The van der Waals surface area contributed by atoms with Crippen LogP contribution in [0.3, 0.4) is 0 Å². The minimum absolute atomic E-state index is 0.000314. The average Bonchev–Trinajstić information content (AvgIpc) is 1.76. The molecule has 3 aliphatic rings. The molecule has 33 heteroatoms. The Kier molecular flexibility index (Phi) is 43.5. The molecular formula is C80H130N18O15. The van der Waals surface area contributed by atoms with E-state index in [1.165, 1.54) is 85.4 Å². The number of hydrogen-bond acceptors (Lipinski definition) is 19. The van der Waals surface area contributed by atoms with Crippen LogP contribution in [0, 0.1) is 5.92 Å². The van der Waals surface area contributed by atoms with E-state index in [4.69, 9.17) is 28.7 Å². The summed E-state index contributed by atoms with van der Waals surface area (Å²) in [6.07, 6.45) is 18.7. The molecular weight excluding hydrogens is 1450 g/mol. The SMILES string of the molecule is CCCCCCCCCCCCCCC(=O)NC(CCCCN)C(=O)CN1CCCC1C(=O)NCC(=O)NC(Cc1ccccc1)C(=O)N1CCCC1C(=O)NC(CO)C(=O)NC(Cc1ccc(O)cc1)C(=O)NC(CCCCN)C(=O)NC(CC(C)C)C(=O)NC(CCCN=C(N)N)C(=O)N1CCCC1C(=O)NCC(N)=O. The van der Waals surface area contributed by atoms with Gasteiger partial charge in [-0.1, -0.05) is 134 Å². The molecule has 3 aliphatic heterocycles. The first-order valence-electron chi connectivity index (χ1n) is 41.0. The summed E-state index contributed by atoms with van der Waals surface area (Å²) >= 11 is 0. The minimum Gasteiger partial charge on any atom is -0.508 e. The molecule has 2 aromatic rings. The highest BCUT2D eigenvalue weighted by Gasteiger charge is 2.42. The Bertz CT molecular complexity index is 3380. The molecule has 12 amide bonds. The van der Waals surface area contributed by atoms with Gasteiger partial charge in [-0.25, -0.2) is 0 Å². The smallest absolute Gasteiger partial charge is 0.246 e. The molecule has 5 rings (SSSR count). The molecule has 113 heavy (non-hydrogen) atoms. The van der Waals surface area contributed by atoms with Gasteiger partial charge in [0.05, 0.1) is 38.3 Å². The summed E-state index contributed by atoms with van der Waals surface area (Å²) in [6, 6.07) is 2.30. The first-order chi connectivity index (χ1) is 54.3. The monoisotopic (exact) mass is 1580 g/mol. The van der Waals surface area contributed by atoms with E-state index in [2.05, 4.69) is 59.8 Å². The number of phenols is 1. The highest BCUT2D eigenvalue weighted by Crippen LogP contribution is 2.24. The Morgan fingerprint density at radius 3 is 1.55 bits per heavy atom. The number of ketones is 1. The number of aromatic hydroxyl groups is 1. The zero-order valence-electron chi connectivity index (χ0n) is 66.7. The molecule has 630 valence electrons. The van der Waals surface area contributed by atoms with Crippen LogP contribution in [-0.2, 0) is 75.2 Å². The maximum absolute atomic E-state index is 14.8. The fourth-order valence-electron chi connectivity index (χ4n) is 14.6. The van der Waals surface area contributed by atoms with E-state index in [-0.39, 0.29) is 113 Å². The number of likely N-dealkylation sites (tertiary alicyclic amines) is 3. The van der Waals surface area contributed by atoms with Gasteiger partial charge in [0.1, 0.15) is 54.1 Å². The van der Waals surface area contributed by atoms with E-state index >= 15 is 0 Å². The summed E-state index contributed by atoms with van der Waals surface area (Å²) in [4.78, 5) is 190. The molecule has 0 aliphatic carbocycles. The Balaban J connectivity index is 1.25. The number of guanidine groups is 1. The predicted molar refractivity (Wildman–Crippen MR) is 428 cm³/mol. The molecule has 0 spiro atoms. The lowest BCUT2D eigenvalue weighted by Gasteiger charge is -2.31. The molecule has 21 N–H and O–H groups in total. The van der Waals surface area contributed by atoms with Gasteiger partial charge in [0.25, 0.3) is 0 Å². The normalized spacial score (nSPS) is 17.3. The number of rotatable bonds is 55. The van der Waals surface area contributed by atoms with Crippen molar-refractivity contribution < 1.29 is 72.5 Å². The number of amides is 12. The minimum atomic E-state index is -1.73. The van der Waals surface area contributed by atoms with E-state index in [1.54, 1.807) is 49.1 Å². The van der Waals surface area contributed by atoms with Gasteiger partial charge in [-0.2, -0.15) is 0 Å². The van der Waals surface area contributed by atoms with E-state index in [1.807, 2.05) is 0 Å². The number of Topliss-reactive ketones (excluding diaryl/α,β-unsaturated/α-hetero) is 1. The summed E-state index contributed by atoms with van der Waals surface area (Å²) in [5.74, 6) is -9.23. The first kappa shape index (κ1) is 94.3. The zero-order valence-corrected chi connectivity index (χ0v) is 66.7. The standard InChI is InChI=1S/C80H130N18O15/c1-4-5-6-7-8-9-10-11-12-13-14-18-35-69(103)89-57(29-19-21-40-81)67(101)51-96-43-24-32-64(96)75(109)88-50-70(104)90-62(48-54-27-16-15-17-28-54)79(113)98-45-26-34-66(98)77(111)95-63(52-99)74(108)94-61(47-55-36-38-56(100)39-37-55)73(107)91-58(30-20-22-41-82)71(105)93-60(46-53(2)3)72(106)92-59(31-23-42-86-80(84)85)78(112)97-44-25-33-65(97)76(110)87-49-68(83)102/h15-17,27-28,36-39,53,57-66,99-100H,4-14,18-26,29-35,40-52,81-82H2,1-3H3,(H2,83,102)(H,87,110)(H,88,109)(H,89,103)(H,90,104)(H,91,107)(H,92,106)(H,93,105)(H,94,108)(H,95,111)(H4,84,85,86). The lowest BCUT2D eigenvalue weighted by Crippen LogP contribution is -2.61. The van der Waals surface area contributed by atoms with Crippen LogP contribution in [0.2, 0.25) is 0 Å². The number of nitrogens with two attached hydrogens (primary N) is 5. The van der Waals surface area contributed by atoms with Crippen LogP contribution in [0.25, 0.3) is 0 Å². The number of aliphatic imine (C=N–C) groups is 1. The molecule has 0 saturated carbocycles. The Morgan fingerprint density at radius 1 is 0.478 bits per heavy atom. The maximum Gasteiger partial charge on any atom is 0.246 e. The number of phenolic OH excluding ortho intramolecular Hbond substituents is 1. The first-order valence-corrected chi connectivity index (χ1v) is 41.0. The number of unbranched alkanes of at least 4 members (excludes halogenated alkanes) is 13. The quantitative estimate of drug-likeness (QED) is 0.0247. The third-order valence-corrected chi connectivity index (χ3v) is 20.7. The number of carbonyl (C=O) groups excluding carboxylic acids is 13. The van der Waals surface area contributed by atoms with Crippen LogP contribution in [0.5, 0.6) is 5.75 Å². The number of nitrogens with one attached hydrogen (secondary N) is 9. The topological polar surface area (TPSA) is 523 Å². The summed E-state index contributed by atoms with van der Waals surface area (Å²) in [6.45, 7) is 5.09. The summed E-state index contributed by atoms with van der Waals surface area (Å²) in [5.41, 5.74) is 29.1. The second-order valence-electron chi connectivity index (χ2n) is 30.5. The van der Waals surface area contributed by atoms with E-state index in [9.17, 15) is 72.5 Å². The van der Waals surface area contributed by atoms with E-state index in [0.29, 0.717) is 88.4 Å². The summed E-state index contributed by atoms with van der Waals surface area (Å²) < 4.78 is 0. The molecule has 10 unspecified atom stereocenters. The largest absolute Gasteiger partial charge is 0.508 e. The predicted octanol–water partition coefficient (Wildman–Crippen LogP) is 0.745. The van der Waals surface area contributed by atoms with Crippen LogP contribution in [-0.4, -0.2) is 233 Å². The fourth-order valence-corrected chi connectivity index (χ4v) is 14.6. The number of aliphatic hydroxyl groups is 1. The van der Waals surface area contributed by atoms with Crippen LogP contribution < -0.4 is 76.5 Å². The second kappa shape index (κ2) is 52.1. The zero-order chi connectivity index (χ0) is 82.6. The van der Waals surface area contributed by atoms with Gasteiger partial charge in [0, 0.05) is 38.9 Å². The van der Waals surface area contributed by atoms with Crippen molar-refractivity contribution in [2.24, 2.45) is 39.6 Å². The van der Waals surface area contributed by atoms with Crippen molar-refractivity contribution in [3.8, 4) is 5.75 Å². The van der Waals surface area contributed by atoms with Crippen molar-refractivity contribution in [1.29, 1.82) is 0 Å². The molecule has 0 radical (unpaired) electrons. The van der Waals surface area contributed by atoms with Crippen LogP contribution >= 0.6 is 0 Å². The molecule has 3 heterocycles. The number of primary amides is 1. The maximum atomic E-state index is 14.8. The van der Waals surface area contributed by atoms with Gasteiger partial charge >= 0.3 is 0 Å². The average molecular weight is 1580 g/mol. The summed E-state index contributed by atoms with van der Waals surface area (Å²) in [5, 5.41) is 45.3. The van der Waals surface area contributed by atoms with Crippen molar-refractivity contribution in [3.63, 3.8) is 0 Å². The molecule has 0 aromatic heterocycles. The number of carbonyl (C=O) groups is 13. The second-order valence-corrected chi connectivity index (χ2v) is 30.5. The fraction of sp³-hybridized carbons (Fsp3) is 0.675. The number of benzene rings is 2. The van der Waals surface area contributed by atoms with Crippen molar-refractivity contribution in [2.75, 3.05) is 65.5 Å². The van der Waals surface area contributed by atoms with E-state index < -0.39 is 145 Å². The molecule has 33 nitrogen and oxygen atoms in total. The van der Waals surface area contributed by atoms with Crippen molar-refractivity contribution >= 4 is 82.6 Å². The van der Waals surface area contributed by atoms with Crippen molar-refractivity contribution in [1.82, 2.24) is 62.6 Å². The Labute approximate surface area is 665 Å². The molecule has 10 atom stereocenters. The van der Waals surface area contributed by atoms with Crippen LogP contribution in [0.1, 0.15) is 212 Å². The van der Waals surface area contributed by atoms with Crippen LogP contribution in [0.15, 0.2) is 59.6 Å².